The third-order valence-electron chi connectivity index (χ3n) is 4.12. The molecule has 26 heavy (non-hydrogen) atoms. The second kappa shape index (κ2) is 8.49. The predicted octanol–water partition coefficient (Wildman–Crippen LogP) is 1.92. The van der Waals surface area contributed by atoms with Crippen LogP contribution in [0.15, 0.2) is 54.6 Å². The van der Waals surface area contributed by atoms with E-state index in [0.717, 1.165) is 11.3 Å². The number of anilines is 1. The first-order chi connectivity index (χ1) is 12.6. The van der Waals surface area contributed by atoms with Gasteiger partial charge in [0.1, 0.15) is 12.4 Å². The fraction of sp³-hybridized carbons (Fsp3) is 0.300. The van der Waals surface area contributed by atoms with Crippen LogP contribution < -0.4 is 15.0 Å². The van der Waals surface area contributed by atoms with Crippen LogP contribution in [-0.2, 0) is 14.3 Å². The molecule has 0 saturated carbocycles. The van der Waals surface area contributed by atoms with Crippen LogP contribution >= 0.6 is 0 Å². The van der Waals surface area contributed by atoms with Gasteiger partial charge in [-0.05, 0) is 31.2 Å². The molecule has 1 unspecified atom stereocenters. The van der Waals surface area contributed by atoms with Gasteiger partial charge in [0, 0.05) is 12.2 Å². The molecule has 1 heterocycles. The minimum absolute atomic E-state index is 0.00886. The van der Waals surface area contributed by atoms with Crippen molar-refractivity contribution in [3.8, 4) is 5.75 Å². The van der Waals surface area contributed by atoms with E-state index in [1.165, 1.54) is 0 Å². The summed E-state index contributed by atoms with van der Waals surface area (Å²) in [5, 5.41) is 2.79. The third-order valence-corrected chi connectivity index (χ3v) is 4.12. The number of nitrogens with zero attached hydrogens (tertiary/aromatic N) is 1. The van der Waals surface area contributed by atoms with Crippen LogP contribution in [0, 0.1) is 6.92 Å². The van der Waals surface area contributed by atoms with Crippen LogP contribution in [0.5, 0.6) is 5.75 Å². The van der Waals surface area contributed by atoms with Crippen LogP contribution in [0.2, 0.25) is 0 Å². The molecule has 2 amide bonds. The molecular weight excluding hydrogens is 332 g/mol. The van der Waals surface area contributed by atoms with E-state index in [-0.39, 0.29) is 31.1 Å². The van der Waals surface area contributed by atoms with Crippen molar-refractivity contribution in [1.82, 2.24) is 5.32 Å². The Balaban J connectivity index is 1.48. The Bertz CT molecular complexity index is 746. The average Bonchev–Trinajstić information content (AvgIpc) is 2.67. The minimum Gasteiger partial charge on any atom is -0.484 e. The molecule has 2 aromatic rings. The van der Waals surface area contributed by atoms with Gasteiger partial charge in [-0.15, -0.1) is 0 Å². The van der Waals surface area contributed by atoms with E-state index in [9.17, 15) is 9.59 Å². The van der Waals surface area contributed by atoms with E-state index in [0.29, 0.717) is 18.8 Å². The SMILES string of the molecule is Cc1ccc(N2CC(CNC(=O)COc3ccccc3)OCC2=O)cc1. The molecule has 1 saturated heterocycles. The van der Waals surface area contributed by atoms with Crippen LogP contribution in [-0.4, -0.2) is 44.2 Å². The average molecular weight is 354 g/mol. The van der Waals surface area contributed by atoms with Crippen LogP contribution in [0.25, 0.3) is 0 Å². The zero-order chi connectivity index (χ0) is 18.4. The number of morpholine rings is 1. The van der Waals surface area contributed by atoms with Crippen LogP contribution in [0.1, 0.15) is 5.56 Å². The monoisotopic (exact) mass is 354 g/mol. The van der Waals surface area contributed by atoms with E-state index < -0.39 is 0 Å². The predicted molar refractivity (Wildman–Crippen MR) is 98.2 cm³/mol. The van der Waals surface area contributed by atoms with Crippen molar-refractivity contribution in [2.75, 3.05) is 31.2 Å². The molecule has 1 atom stereocenters. The van der Waals surface area contributed by atoms with Gasteiger partial charge in [0.05, 0.1) is 12.6 Å². The molecule has 0 aromatic heterocycles. The lowest BCUT2D eigenvalue weighted by Gasteiger charge is -2.33. The molecular formula is C20H22N2O4. The highest BCUT2D eigenvalue weighted by Gasteiger charge is 2.27. The molecule has 0 spiro atoms. The second-order valence-electron chi connectivity index (χ2n) is 6.18. The third kappa shape index (κ3) is 4.83. The summed E-state index contributed by atoms with van der Waals surface area (Å²) < 4.78 is 10.9. The van der Waals surface area contributed by atoms with E-state index >= 15 is 0 Å². The number of aryl methyl sites for hydroxylation is 1. The van der Waals surface area contributed by atoms with Crippen molar-refractivity contribution in [1.29, 1.82) is 0 Å². The topological polar surface area (TPSA) is 67.9 Å². The standard InChI is InChI=1S/C20H22N2O4/c1-15-7-9-16(10-8-15)22-12-18(26-14-20(22)24)11-21-19(23)13-25-17-5-3-2-4-6-17/h2-10,18H,11-14H2,1H3,(H,21,23). The lowest BCUT2D eigenvalue weighted by Crippen LogP contribution is -2.51. The van der Waals surface area contributed by atoms with Crippen molar-refractivity contribution in [2.24, 2.45) is 0 Å². The molecule has 1 fully saturated rings. The molecule has 3 rings (SSSR count). The number of benzene rings is 2. The van der Waals surface area contributed by atoms with Crippen LogP contribution in [0.3, 0.4) is 0 Å². The molecule has 136 valence electrons. The summed E-state index contributed by atoms with van der Waals surface area (Å²) in [5.41, 5.74) is 1.98. The summed E-state index contributed by atoms with van der Waals surface area (Å²) in [6.07, 6.45) is -0.255. The van der Waals surface area contributed by atoms with Gasteiger partial charge < -0.3 is 19.7 Å². The fourth-order valence-corrected chi connectivity index (χ4v) is 2.67. The summed E-state index contributed by atoms with van der Waals surface area (Å²) in [6, 6.07) is 16.9. The molecule has 1 aliphatic heterocycles. The lowest BCUT2D eigenvalue weighted by molar-refractivity contribution is -0.130. The molecule has 1 N–H and O–H groups in total. The smallest absolute Gasteiger partial charge is 0.258 e. The summed E-state index contributed by atoms with van der Waals surface area (Å²) >= 11 is 0. The van der Waals surface area contributed by atoms with Crippen molar-refractivity contribution in [3.63, 3.8) is 0 Å². The van der Waals surface area contributed by atoms with E-state index in [1.807, 2.05) is 49.4 Å². The maximum atomic E-state index is 12.1. The zero-order valence-electron chi connectivity index (χ0n) is 14.7. The van der Waals surface area contributed by atoms with Crippen molar-refractivity contribution in [3.05, 3.63) is 60.2 Å². The van der Waals surface area contributed by atoms with E-state index in [1.54, 1.807) is 17.0 Å². The lowest BCUT2D eigenvalue weighted by atomic mass is 10.2. The van der Waals surface area contributed by atoms with Crippen molar-refractivity contribution >= 4 is 17.5 Å². The van der Waals surface area contributed by atoms with Gasteiger partial charge in [-0.2, -0.15) is 0 Å². The molecule has 6 heteroatoms. The van der Waals surface area contributed by atoms with Gasteiger partial charge >= 0.3 is 0 Å². The maximum absolute atomic E-state index is 12.1. The molecule has 1 aliphatic rings. The highest BCUT2D eigenvalue weighted by Crippen LogP contribution is 2.19. The fourth-order valence-electron chi connectivity index (χ4n) is 2.67. The number of ether oxygens (including phenoxy) is 2. The van der Waals surface area contributed by atoms with Gasteiger partial charge in [0.2, 0.25) is 0 Å². The molecule has 6 nitrogen and oxygen atoms in total. The minimum atomic E-state index is -0.255. The molecule has 0 aliphatic carbocycles. The second-order valence-corrected chi connectivity index (χ2v) is 6.18. The molecule has 0 bridgehead atoms. The Labute approximate surface area is 152 Å². The molecule has 0 radical (unpaired) electrons. The summed E-state index contributed by atoms with van der Waals surface area (Å²) in [7, 11) is 0. The number of hydrogen-bond acceptors (Lipinski definition) is 4. The maximum Gasteiger partial charge on any atom is 0.258 e. The first kappa shape index (κ1) is 17.9. The van der Waals surface area contributed by atoms with E-state index in [4.69, 9.17) is 9.47 Å². The summed E-state index contributed by atoms with van der Waals surface area (Å²) in [6.45, 7) is 2.68. The normalized spacial score (nSPS) is 17.0. The summed E-state index contributed by atoms with van der Waals surface area (Å²) in [5.74, 6) is 0.341. The largest absolute Gasteiger partial charge is 0.484 e. The Morgan fingerprint density at radius 3 is 2.65 bits per heavy atom. The highest BCUT2D eigenvalue weighted by atomic mass is 16.5. The number of carbonyl (C=O) groups is 2. The quantitative estimate of drug-likeness (QED) is 0.861. The van der Waals surface area contributed by atoms with Gasteiger partial charge in [-0.25, -0.2) is 0 Å². The van der Waals surface area contributed by atoms with Crippen molar-refractivity contribution in [2.45, 2.75) is 13.0 Å². The van der Waals surface area contributed by atoms with E-state index in [2.05, 4.69) is 5.32 Å². The summed E-state index contributed by atoms with van der Waals surface area (Å²) in [4.78, 5) is 25.8. The number of para-hydroxylation sites is 1. The Hall–Kier alpha value is -2.86. The Morgan fingerprint density at radius 2 is 1.92 bits per heavy atom. The first-order valence-corrected chi connectivity index (χ1v) is 8.55. The number of carbonyl (C=O) groups excluding carboxylic acids is 2. The number of hydrogen-bond donors (Lipinski definition) is 1. The highest BCUT2D eigenvalue weighted by molar-refractivity contribution is 5.95. The van der Waals surface area contributed by atoms with Gasteiger partial charge in [0.25, 0.3) is 11.8 Å². The first-order valence-electron chi connectivity index (χ1n) is 8.55. The van der Waals surface area contributed by atoms with Crippen molar-refractivity contribution < 1.29 is 19.1 Å². The Morgan fingerprint density at radius 1 is 1.19 bits per heavy atom. The van der Waals surface area contributed by atoms with Crippen LogP contribution in [0.4, 0.5) is 5.69 Å². The molecule has 2 aromatic carbocycles. The van der Waals surface area contributed by atoms with Gasteiger partial charge in [-0.1, -0.05) is 35.9 Å². The zero-order valence-corrected chi connectivity index (χ0v) is 14.7. The van der Waals surface area contributed by atoms with Gasteiger partial charge in [0.15, 0.2) is 6.61 Å². The number of rotatable bonds is 6. The Kier molecular flexibility index (Phi) is 5.86. The number of nitrogens with one attached hydrogen (secondary N) is 1. The number of amides is 2. The van der Waals surface area contributed by atoms with Gasteiger partial charge in [-0.3, -0.25) is 9.59 Å².